The second-order valence-electron chi connectivity index (χ2n) is 4.99. The number of aliphatic hydroxyl groups is 1. The third-order valence-corrected chi connectivity index (χ3v) is 3.86. The van der Waals surface area contributed by atoms with Crippen molar-refractivity contribution in [3.8, 4) is 11.5 Å². The SMILES string of the molecule is CCC1(CC)Oc2ccc(O)cc2N(CCCO)C1=O. The molecular formula is C15H21NO4. The number of phenolic OH excluding ortho intramolecular Hbond substituents is 1. The highest BCUT2D eigenvalue weighted by atomic mass is 16.5. The van der Waals surface area contributed by atoms with Crippen molar-refractivity contribution in [3.63, 3.8) is 0 Å². The summed E-state index contributed by atoms with van der Waals surface area (Å²) in [5.41, 5.74) is -0.277. The van der Waals surface area contributed by atoms with Crippen LogP contribution in [0.3, 0.4) is 0 Å². The van der Waals surface area contributed by atoms with Crippen LogP contribution in [0, 0.1) is 0 Å². The Morgan fingerprint density at radius 1 is 1.30 bits per heavy atom. The molecule has 0 aromatic heterocycles. The first-order chi connectivity index (χ1) is 9.57. The molecule has 0 spiro atoms. The average Bonchev–Trinajstić information content (AvgIpc) is 2.46. The van der Waals surface area contributed by atoms with Crippen molar-refractivity contribution in [2.24, 2.45) is 0 Å². The number of carbonyl (C=O) groups is 1. The fourth-order valence-electron chi connectivity index (χ4n) is 2.56. The lowest BCUT2D eigenvalue weighted by atomic mass is 9.92. The summed E-state index contributed by atoms with van der Waals surface area (Å²) in [6.45, 7) is 4.29. The highest BCUT2D eigenvalue weighted by molar-refractivity contribution is 6.03. The molecule has 0 bridgehead atoms. The van der Waals surface area contributed by atoms with E-state index in [0.29, 0.717) is 37.2 Å². The summed E-state index contributed by atoms with van der Waals surface area (Å²) in [6, 6.07) is 4.76. The lowest BCUT2D eigenvalue weighted by molar-refractivity contribution is -0.136. The van der Waals surface area contributed by atoms with E-state index in [1.807, 2.05) is 13.8 Å². The molecule has 0 atom stereocenters. The number of hydrogen-bond donors (Lipinski definition) is 2. The maximum Gasteiger partial charge on any atom is 0.271 e. The summed E-state index contributed by atoms with van der Waals surface area (Å²) in [5, 5.41) is 18.6. The number of benzene rings is 1. The molecule has 0 aliphatic carbocycles. The van der Waals surface area contributed by atoms with Gasteiger partial charge in [0.05, 0.1) is 5.69 Å². The minimum Gasteiger partial charge on any atom is -0.508 e. The number of anilines is 1. The Morgan fingerprint density at radius 2 is 2.00 bits per heavy atom. The van der Waals surface area contributed by atoms with Gasteiger partial charge in [0.15, 0.2) is 5.60 Å². The zero-order valence-electron chi connectivity index (χ0n) is 11.9. The zero-order chi connectivity index (χ0) is 14.8. The number of aromatic hydroxyl groups is 1. The predicted molar refractivity (Wildman–Crippen MR) is 76.1 cm³/mol. The first-order valence-electron chi connectivity index (χ1n) is 7.03. The number of ether oxygens (including phenoxy) is 1. The van der Waals surface area contributed by atoms with Gasteiger partial charge in [0.2, 0.25) is 0 Å². The summed E-state index contributed by atoms with van der Waals surface area (Å²) in [4.78, 5) is 14.3. The summed E-state index contributed by atoms with van der Waals surface area (Å²) in [6.07, 6.45) is 1.65. The molecule has 5 nitrogen and oxygen atoms in total. The standard InChI is InChI=1S/C15H21NO4/c1-3-15(4-2)14(19)16(8-5-9-17)12-10-11(18)6-7-13(12)20-15/h6-7,10,17-18H,3-5,8-9H2,1-2H3. The van der Waals surface area contributed by atoms with Crippen molar-refractivity contribution >= 4 is 11.6 Å². The van der Waals surface area contributed by atoms with E-state index in [1.54, 1.807) is 17.0 Å². The van der Waals surface area contributed by atoms with E-state index in [1.165, 1.54) is 6.07 Å². The van der Waals surface area contributed by atoms with Crippen molar-refractivity contribution in [1.29, 1.82) is 0 Å². The van der Waals surface area contributed by atoms with Crippen LogP contribution in [0.5, 0.6) is 11.5 Å². The summed E-state index contributed by atoms with van der Waals surface area (Å²) >= 11 is 0. The number of rotatable bonds is 5. The number of nitrogens with zero attached hydrogens (tertiary/aromatic N) is 1. The van der Waals surface area contributed by atoms with Crippen LogP contribution in [-0.2, 0) is 4.79 Å². The van der Waals surface area contributed by atoms with E-state index >= 15 is 0 Å². The summed E-state index contributed by atoms with van der Waals surface area (Å²) in [5.74, 6) is 0.590. The van der Waals surface area contributed by atoms with Gasteiger partial charge in [-0.25, -0.2) is 0 Å². The highest BCUT2D eigenvalue weighted by Gasteiger charge is 2.45. The van der Waals surface area contributed by atoms with Gasteiger partial charge >= 0.3 is 0 Å². The maximum atomic E-state index is 12.7. The molecule has 1 aliphatic rings. The minimum absolute atomic E-state index is 0.0179. The van der Waals surface area contributed by atoms with Crippen LogP contribution in [0.4, 0.5) is 5.69 Å². The summed E-state index contributed by atoms with van der Waals surface area (Å²) in [7, 11) is 0. The molecule has 0 radical (unpaired) electrons. The molecule has 2 rings (SSSR count). The van der Waals surface area contributed by atoms with E-state index in [0.717, 1.165) is 0 Å². The molecule has 0 unspecified atom stereocenters. The first-order valence-corrected chi connectivity index (χ1v) is 7.03. The lowest BCUT2D eigenvalue weighted by Crippen LogP contribution is -2.55. The van der Waals surface area contributed by atoms with Crippen LogP contribution >= 0.6 is 0 Å². The van der Waals surface area contributed by atoms with Crippen molar-refractivity contribution in [1.82, 2.24) is 0 Å². The molecule has 0 saturated carbocycles. The van der Waals surface area contributed by atoms with E-state index in [9.17, 15) is 9.90 Å². The van der Waals surface area contributed by atoms with Crippen molar-refractivity contribution in [2.45, 2.75) is 38.7 Å². The highest BCUT2D eigenvalue weighted by Crippen LogP contribution is 2.42. The normalized spacial score (nSPS) is 16.8. The topological polar surface area (TPSA) is 70.0 Å². The number of aliphatic hydroxyl groups excluding tert-OH is 1. The van der Waals surface area contributed by atoms with Crippen LogP contribution in [0.1, 0.15) is 33.1 Å². The fourth-order valence-corrected chi connectivity index (χ4v) is 2.56. The largest absolute Gasteiger partial charge is 0.508 e. The Morgan fingerprint density at radius 3 is 2.60 bits per heavy atom. The monoisotopic (exact) mass is 279 g/mol. The zero-order valence-corrected chi connectivity index (χ0v) is 11.9. The average molecular weight is 279 g/mol. The molecule has 110 valence electrons. The fraction of sp³-hybridized carbons (Fsp3) is 0.533. The third-order valence-electron chi connectivity index (χ3n) is 3.86. The molecule has 0 fully saturated rings. The Kier molecular flexibility index (Phi) is 4.18. The van der Waals surface area contributed by atoms with Crippen molar-refractivity contribution < 1.29 is 19.7 Å². The molecule has 1 aliphatic heterocycles. The van der Waals surface area contributed by atoms with E-state index < -0.39 is 5.60 Å². The second-order valence-corrected chi connectivity index (χ2v) is 4.99. The molecule has 1 amide bonds. The van der Waals surface area contributed by atoms with Gasteiger partial charge in [-0.15, -0.1) is 0 Å². The van der Waals surface area contributed by atoms with Gasteiger partial charge in [-0.3, -0.25) is 4.79 Å². The molecule has 5 heteroatoms. The lowest BCUT2D eigenvalue weighted by Gasteiger charge is -2.42. The molecule has 20 heavy (non-hydrogen) atoms. The number of hydrogen-bond acceptors (Lipinski definition) is 4. The van der Waals surface area contributed by atoms with Crippen molar-refractivity contribution in [3.05, 3.63) is 18.2 Å². The van der Waals surface area contributed by atoms with Gasteiger partial charge in [0.1, 0.15) is 11.5 Å². The molecule has 1 aromatic rings. The van der Waals surface area contributed by atoms with Crippen molar-refractivity contribution in [2.75, 3.05) is 18.1 Å². The molecule has 1 heterocycles. The Labute approximate surface area is 118 Å². The van der Waals surface area contributed by atoms with Crippen LogP contribution < -0.4 is 9.64 Å². The minimum atomic E-state index is -0.848. The quantitative estimate of drug-likeness (QED) is 0.865. The number of fused-ring (bicyclic) bond motifs is 1. The molecular weight excluding hydrogens is 258 g/mol. The van der Waals surface area contributed by atoms with Gasteiger partial charge in [-0.2, -0.15) is 0 Å². The number of phenols is 1. The molecule has 0 saturated heterocycles. The van der Waals surface area contributed by atoms with E-state index in [-0.39, 0.29) is 18.3 Å². The first kappa shape index (κ1) is 14.7. The molecule has 1 aromatic carbocycles. The molecule has 2 N–H and O–H groups in total. The number of carbonyl (C=O) groups excluding carboxylic acids is 1. The Bertz CT molecular complexity index is 497. The summed E-state index contributed by atoms with van der Waals surface area (Å²) < 4.78 is 5.93. The van der Waals surface area contributed by atoms with Crippen LogP contribution in [-0.4, -0.2) is 34.9 Å². The van der Waals surface area contributed by atoms with Gasteiger partial charge < -0.3 is 19.8 Å². The van der Waals surface area contributed by atoms with E-state index in [4.69, 9.17) is 9.84 Å². The Hall–Kier alpha value is -1.75. The van der Waals surface area contributed by atoms with Gasteiger partial charge in [0.25, 0.3) is 5.91 Å². The van der Waals surface area contributed by atoms with Crippen LogP contribution in [0.2, 0.25) is 0 Å². The van der Waals surface area contributed by atoms with E-state index in [2.05, 4.69) is 0 Å². The predicted octanol–water partition coefficient (Wildman–Crippen LogP) is 2.06. The van der Waals surface area contributed by atoms with Crippen LogP contribution in [0.25, 0.3) is 0 Å². The van der Waals surface area contributed by atoms with Gasteiger partial charge in [-0.05, 0) is 31.4 Å². The van der Waals surface area contributed by atoms with Crippen LogP contribution in [0.15, 0.2) is 18.2 Å². The Balaban J connectivity index is 2.47. The smallest absolute Gasteiger partial charge is 0.271 e. The number of amides is 1. The maximum absolute atomic E-state index is 12.7. The third kappa shape index (κ3) is 2.33. The van der Waals surface area contributed by atoms with Gasteiger partial charge in [0, 0.05) is 19.2 Å². The van der Waals surface area contributed by atoms with Gasteiger partial charge in [-0.1, -0.05) is 13.8 Å². The second kappa shape index (κ2) is 5.71.